The molecule has 0 unspecified atom stereocenters. The van der Waals surface area contributed by atoms with Gasteiger partial charge in [-0.25, -0.2) is 4.79 Å². The highest BCUT2D eigenvalue weighted by Gasteiger charge is 2.25. The van der Waals surface area contributed by atoms with Gasteiger partial charge in [0.05, 0.1) is 0 Å². The highest BCUT2D eigenvalue weighted by atomic mass is 35.5. The molecule has 1 heterocycles. The fourth-order valence-corrected chi connectivity index (χ4v) is 2.48. The van der Waals surface area contributed by atoms with Crippen molar-refractivity contribution in [3.05, 3.63) is 35.4 Å². The van der Waals surface area contributed by atoms with Crippen molar-refractivity contribution in [2.45, 2.75) is 25.4 Å². The summed E-state index contributed by atoms with van der Waals surface area (Å²) < 4.78 is 5.26. The third-order valence-corrected chi connectivity index (χ3v) is 3.80. The van der Waals surface area contributed by atoms with E-state index in [2.05, 4.69) is 5.16 Å². The monoisotopic (exact) mass is 312 g/mol. The zero-order chi connectivity index (χ0) is 15.2. The lowest BCUT2D eigenvalue weighted by molar-refractivity contribution is 0.0332. The van der Waals surface area contributed by atoms with Crippen molar-refractivity contribution < 1.29 is 19.8 Å². The maximum atomic E-state index is 11.4. The second-order valence-electron chi connectivity index (χ2n) is 4.84. The van der Waals surface area contributed by atoms with Crippen LogP contribution in [0.3, 0.4) is 0 Å². The molecule has 1 aromatic carbocycles. The summed E-state index contributed by atoms with van der Waals surface area (Å²) in [5, 5.41) is 20.9. The SMILES string of the molecule is O=C(O)N(Cc1ccc(C(Cl)=NO)cc1)C1CCOCC1. The van der Waals surface area contributed by atoms with Gasteiger partial charge in [0, 0.05) is 31.4 Å². The van der Waals surface area contributed by atoms with E-state index in [0.29, 0.717) is 38.2 Å². The fourth-order valence-electron chi connectivity index (χ4n) is 2.35. The van der Waals surface area contributed by atoms with Crippen molar-refractivity contribution in [3.8, 4) is 0 Å². The lowest BCUT2D eigenvalue weighted by atomic mass is 10.1. The zero-order valence-corrected chi connectivity index (χ0v) is 12.2. The molecule has 114 valence electrons. The maximum Gasteiger partial charge on any atom is 0.407 e. The zero-order valence-electron chi connectivity index (χ0n) is 11.4. The molecule has 1 aliphatic heterocycles. The molecule has 1 saturated heterocycles. The van der Waals surface area contributed by atoms with E-state index in [1.165, 1.54) is 4.90 Å². The van der Waals surface area contributed by atoms with Gasteiger partial charge in [0.25, 0.3) is 0 Å². The molecule has 0 spiro atoms. The molecule has 6 nitrogen and oxygen atoms in total. The van der Waals surface area contributed by atoms with E-state index in [0.717, 1.165) is 5.56 Å². The van der Waals surface area contributed by atoms with Crippen molar-refractivity contribution in [2.75, 3.05) is 13.2 Å². The summed E-state index contributed by atoms with van der Waals surface area (Å²) >= 11 is 5.70. The molecular weight excluding hydrogens is 296 g/mol. The Morgan fingerprint density at radius 2 is 1.95 bits per heavy atom. The molecule has 1 aromatic rings. The number of hydrogen-bond donors (Lipinski definition) is 2. The molecule has 0 aromatic heterocycles. The number of carbonyl (C=O) groups is 1. The molecule has 1 aliphatic rings. The van der Waals surface area contributed by atoms with Crippen LogP contribution in [0.4, 0.5) is 4.79 Å². The molecule has 2 N–H and O–H groups in total. The first-order valence-electron chi connectivity index (χ1n) is 6.66. The molecule has 7 heteroatoms. The highest BCUT2D eigenvalue weighted by Crippen LogP contribution is 2.18. The van der Waals surface area contributed by atoms with E-state index in [1.807, 2.05) is 0 Å². The Morgan fingerprint density at radius 1 is 1.33 bits per heavy atom. The molecule has 2 rings (SSSR count). The fraction of sp³-hybridized carbons (Fsp3) is 0.429. The predicted molar refractivity (Wildman–Crippen MR) is 78.0 cm³/mol. The Bertz CT molecular complexity index is 512. The first kappa shape index (κ1) is 15.6. The number of hydrogen-bond acceptors (Lipinski definition) is 4. The average molecular weight is 313 g/mol. The minimum Gasteiger partial charge on any atom is -0.465 e. The Labute approximate surface area is 127 Å². The normalized spacial score (nSPS) is 16.7. The van der Waals surface area contributed by atoms with Gasteiger partial charge in [-0.3, -0.25) is 0 Å². The number of halogens is 1. The van der Waals surface area contributed by atoms with Crippen molar-refractivity contribution >= 4 is 22.9 Å². The van der Waals surface area contributed by atoms with E-state index < -0.39 is 6.09 Å². The van der Waals surface area contributed by atoms with Crippen LogP contribution in [0.25, 0.3) is 0 Å². The van der Waals surface area contributed by atoms with Gasteiger partial charge >= 0.3 is 6.09 Å². The topological polar surface area (TPSA) is 82.4 Å². The quantitative estimate of drug-likeness (QED) is 0.509. The third kappa shape index (κ3) is 4.09. The Morgan fingerprint density at radius 3 is 2.48 bits per heavy atom. The lowest BCUT2D eigenvalue weighted by Crippen LogP contribution is -2.42. The van der Waals surface area contributed by atoms with Gasteiger partial charge < -0.3 is 20.0 Å². The van der Waals surface area contributed by atoms with E-state index >= 15 is 0 Å². The van der Waals surface area contributed by atoms with E-state index in [1.54, 1.807) is 24.3 Å². The molecule has 0 radical (unpaired) electrons. The molecular formula is C14H17ClN2O4. The Hall–Kier alpha value is -1.79. The van der Waals surface area contributed by atoms with Crippen LogP contribution in [0, 0.1) is 0 Å². The summed E-state index contributed by atoms with van der Waals surface area (Å²) in [5.41, 5.74) is 1.44. The number of amides is 1. The maximum absolute atomic E-state index is 11.4. The minimum atomic E-state index is -0.930. The predicted octanol–water partition coefficient (Wildman–Crippen LogP) is 2.72. The van der Waals surface area contributed by atoms with Crippen LogP contribution in [0.5, 0.6) is 0 Å². The van der Waals surface area contributed by atoms with Gasteiger partial charge in [-0.15, -0.1) is 0 Å². The van der Waals surface area contributed by atoms with Crippen molar-refractivity contribution in [1.82, 2.24) is 4.90 Å². The van der Waals surface area contributed by atoms with Gasteiger partial charge in [-0.05, 0) is 18.4 Å². The van der Waals surface area contributed by atoms with Gasteiger partial charge in [0.15, 0.2) is 5.17 Å². The van der Waals surface area contributed by atoms with E-state index in [9.17, 15) is 9.90 Å². The number of carboxylic acid groups (broad SMARTS) is 1. The van der Waals surface area contributed by atoms with Crippen LogP contribution in [0.2, 0.25) is 0 Å². The Kier molecular flexibility index (Phi) is 5.41. The second kappa shape index (κ2) is 7.28. The molecule has 21 heavy (non-hydrogen) atoms. The van der Waals surface area contributed by atoms with Gasteiger partial charge in [-0.1, -0.05) is 41.0 Å². The van der Waals surface area contributed by atoms with Gasteiger partial charge in [0.2, 0.25) is 0 Å². The first-order chi connectivity index (χ1) is 10.1. The van der Waals surface area contributed by atoms with Crippen LogP contribution >= 0.6 is 11.6 Å². The number of benzene rings is 1. The summed E-state index contributed by atoms with van der Waals surface area (Å²) in [6, 6.07) is 6.93. The van der Waals surface area contributed by atoms with E-state index in [-0.39, 0.29) is 11.2 Å². The average Bonchev–Trinajstić information content (AvgIpc) is 2.53. The van der Waals surface area contributed by atoms with Crippen LogP contribution in [-0.2, 0) is 11.3 Å². The van der Waals surface area contributed by atoms with E-state index in [4.69, 9.17) is 21.5 Å². The summed E-state index contributed by atoms with van der Waals surface area (Å²) in [7, 11) is 0. The molecule has 0 aliphatic carbocycles. The van der Waals surface area contributed by atoms with Gasteiger partial charge in [-0.2, -0.15) is 0 Å². The van der Waals surface area contributed by atoms with Crippen LogP contribution in [0.15, 0.2) is 29.4 Å². The molecule has 1 fully saturated rings. The standard InChI is InChI=1S/C14H17ClN2O4/c15-13(16-20)11-3-1-10(2-4-11)9-17(14(18)19)12-5-7-21-8-6-12/h1-4,12,20H,5-9H2,(H,18,19). The lowest BCUT2D eigenvalue weighted by Gasteiger charge is -2.32. The third-order valence-electron chi connectivity index (χ3n) is 3.51. The number of oxime groups is 1. The molecule has 0 saturated carbocycles. The summed E-state index contributed by atoms with van der Waals surface area (Å²) in [5.74, 6) is 0. The largest absolute Gasteiger partial charge is 0.465 e. The first-order valence-corrected chi connectivity index (χ1v) is 7.04. The van der Waals surface area contributed by atoms with Crippen LogP contribution < -0.4 is 0 Å². The van der Waals surface area contributed by atoms with Crippen molar-refractivity contribution in [3.63, 3.8) is 0 Å². The number of rotatable bonds is 4. The van der Waals surface area contributed by atoms with Gasteiger partial charge in [0.1, 0.15) is 0 Å². The van der Waals surface area contributed by atoms with Crippen molar-refractivity contribution in [1.29, 1.82) is 0 Å². The van der Waals surface area contributed by atoms with Crippen molar-refractivity contribution in [2.24, 2.45) is 5.16 Å². The number of ether oxygens (including phenoxy) is 1. The Balaban J connectivity index is 2.08. The summed E-state index contributed by atoms with van der Waals surface area (Å²) in [6.45, 7) is 1.50. The highest BCUT2D eigenvalue weighted by molar-refractivity contribution is 6.69. The molecule has 0 atom stereocenters. The minimum absolute atomic E-state index is 0.000991. The summed E-state index contributed by atoms with van der Waals surface area (Å²) in [6.07, 6.45) is 0.502. The van der Waals surface area contributed by atoms with Crippen LogP contribution in [0.1, 0.15) is 24.0 Å². The molecule has 0 bridgehead atoms. The van der Waals surface area contributed by atoms with Crippen LogP contribution in [-0.4, -0.2) is 45.7 Å². The number of nitrogens with zero attached hydrogens (tertiary/aromatic N) is 2. The molecule has 1 amide bonds. The second-order valence-corrected chi connectivity index (χ2v) is 5.20. The smallest absolute Gasteiger partial charge is 0.407 e. The summed E-state index contributed by atoms with van der Waals surface area (Å²) in [4.78, 5) is 12.9.